The molecular weight excluding hydrogens is 270 g/mol. The largest absolute Gasteiger partial charge is 0.462 e. The van der Waals surface area contributed by atoms with E-state index in [-0.39, 0.29) is 5.97 Å². The van der Waals surface area contributed by atoms with Crippen LogP contribution >= 0.6 is 11.3 Å². The molecule has 3 nitrogen and oxygen atoms in total. The molecule has 0 saturated carbocycles. The standard InChI is InChI=1S/C16H19NO2S/c1-4-11-13(17)15(16(18)19-5-2)20-14(11)12-9-7-6-8-10(12)3/h6-9H,4-5,17H2,1-3H3. The summed E-state index contributed by atoms with van der Waals surface area (Å²) in [6.45, 7) is 6.27. The highest BCUT2D eigenvalue weighted by atomic mass is 32.1. The fraction of sp³-hybridized carbons (Fsp3) is 0.312. The first-order chi connectivity index (χ1) is 9.60. The summed E-state index contributed by atoms with van der Waals surface area (Å²) in [4.78, 5) is 13.6. The fourth-order valence-electron chi connectivity index (χ4n) is 2.22. The molecule has 2 rings (SSSR count). The normalized spacial score (nSPS) is 10.6. The van der Waals surface area contributed by atoms with E-state index in [1.165, 1.54) is 16.9 Å². The smallest absolute Gasteiger partial charge is 0.350 e. The molecule has 0 atom stereocenters. The van der Waals surface area contributed by atoms with Crippen molar-refractivity contribution in [3.8, 4) is 10.4 Å². The van der Waals surface area contributed by atoms with Crippen LogP contribution in [0.3, 0.4) is 0 Å². The van der Waals surface area contributed by atoms with Crippen molar-refractivity contribution in [3.05, 3.63) is 40.3 Å². The Morgan fingerprint density at radius 3 is 2.60 bits per heavy atom. The lowest BCUT2D eigenvalue weighted by molar-refractivity contribution is 0.0533. The van der Waals surface area contributed by atoms with Gasteiger partial charge in [-0.1, -0.05) is 31.2 Å². The molecule has 0 aliphatic heterocycles. The predicted molar refractivity (Wildman–Crippen MR) is 84.2 cm³/mol. The Balaban J connectivity index is 2.57. The van der Waals surface area contributed by atoms with Crippen LogP contribution in [-0.2, 0) is 11.2 Å². The van der Waals surface area contributed by atoms with E-state index in [1.54, 1.807) is 6.92 Å². The molecule has 1 heterocycles. The highest BCUT2D eigenvalue weighted by molar-refractivity contribution is 7.18. The van der Waals surface area contributed by atoms with Crippen LogP contribution in [0.4, 0.5) is 5.69 Å². The maximum Gasteiger partial charge on any atom is 0.350 e. The van der Waals surface area contributed by atoms with E-state index < -0.39 is 0 Å². The minimum Gasteiger partial charge on any atom is -0.462 e. The van der Waals surface area contributed by atoms with Gasteiger partial charge in [0, 0.05) is 4.88 Å². The number of carbonyl (C=O) groups is 1. The van der Waals surface area contributed by atoms with Gasteiger partial charge < -0.3 is 10.5 Å². The van der Waals surface area contributed by atoms with Gasteiger partial charge in [0.15, 0.2) is 0 Å². The van der Waals surface area contributed by atoms with Crippen molar-refractivity contribution in [2.45, 2.75) is 27.2 Å². The molecule has 106 valence electrons. The molecule has 0 saturated heterocycles. The number of anilines is 1. The maximum absolute atomic E-state index is 12.0. The highest BCUT2D eigenvalue weighted by Crippen LogP contribution is 2.40. The van der Waals surface area contributed by atoms with Gasteiger partial charge in [0.25, 0.3) is 0 Å². The average Bonchev–Trinajstić information content (AvgIpc) is 2.76. The molecule has 20 heavy (non-hydrogen) atoms. The molecule has 0 aliphatic carbocycles. The van der Waals surface area contributed by atoms with Crippen LogP contribution in [0.25, 0.3) is 10.4 Å². The Hall–Kier alpha value is -1.81. The molecule has 0 aliphatic rings. The van der Waals surface area contributed by atoms with E-state index in [0.717, 1.165) is 22.4 Å². The Morgan fingerprint density at radius 2 is 2.00 bits per heavy atom. The second-order valence-corrected chi connectivity index (χ2v) is 5.56. The lowest BCUT2D eigenvalue weighted by Crippen LogP contribution is -2.05. The Kier molecular flexibility index (Phi) is 4.45. The van der Waals surface area contributed by atoms with Crippen molar-refractivity contribution in [1.29, 1.82) is 0 Å². The minimum atomic E-state index is -0.329. The number of carbonyl (C=O) groups excluding carboxylic acids is 1. The zero-order chi connectivity index (χ0) is 14.7. The van der Waals surface area contributed by atoms with Crippen LogP contribution < -0.4 is 5.73 Å². The van der Waals surface area contributed by atoms with Gasteiger partial charge in [-0.3, -0.25) is 0 Å². The lowest BCUT2D eigenvalue weighted by atomic mass is 10.0. The number of rotatable bonds is 4. The zero-order valence-corrected chi connectivity index (χ0v) is 12.8. The lowest BCUT2D eigenvalue weighted by Gasteiger charge is -2.05. The van der Waals surface area contributed by atoms with E-state index >= 15 is 0 Å². The second-order valence-electron chi connectivity index (χ2n) is 4.54. The van der Waals surface area contributed by atoms with Gasteiger partial charge in [-0.25, -0.2) is 4.79 Å². The number of ether oxygens (including phenoxy) is 1. The number of nitrogens with two attached hydrogens (primary N) is 1. The summed E-state index contributed by atoms with van der Waals surface area (Å²) in [6.07, 6.45) is 0.797. The number of esters is 1. The van der Waals surface area contributed by atoms with Crippen LogP contribution in [-0.4, -0.2) is 12.6 Å². The van der Waals surface area contributed by atoms with Crippen LogP contribution in [0.1, 0.15) is 34.6 Å². The predicted octanol–water partition coefficient (Wildman–Crippen LogP) is 4.04. The minimum absolute atomic E-state index is 0.329. The molecule has 0 amide bonds. The summed E-state index contributed by atoms with van der Waals surface area (Å²) in [5.74, 6) is -0.329. The summed E-state index contributed by atoms with van der Waals surface area (Å²) in [6, 6.07) is 8.14. The number of hydrogen-bond acceptors (Lipinski definition) is 4. The first kappa shape index (κ1) is 14.6. The Bertz CT molecular complexity index is 631. The van der Waals surface area contributed by atoms with E-state index in [1.807, 2.05) is 12.1 Å². The molecule has 0 radical (unpaired) electrons. The van der Waals surface area contributed by atoms with Gasteiger partial charge >= 0.3 is 5.97 Å². The van der Waals surface area contributed by atoms with Gasteiger partial charge in [-0.15, -0.1) is 11.3 Å². The number of aryl methyl sites for hydroxylation is 1. The molecule has 0 unspecified atom stereocenters. The SMILES string of the molecule is CCOC(=O)c1sc(-c2ccccc2C)c(CC)c1N. The molecule has 2 N–H and O–H groups in total. The second kappa shape index (κ2) is 6.09. The Morgan fingerprint density at radius 1 is 1.30 bits per heavy atom. The average molecular weight is 289 g/mol. The fourth-order valence-corrected chi connectivity index (χ4v) is 3.52. The first-order valence-electron chi connectivity index (χ1n) is 6.74. The van der Waals surface area contributed by atoms with E-state index in [9.17, 15) is 4.79 Å². The van der Waals surface area contributed by atoms with Crippen LogP contribution in [0.15, 0.2) is 24.3 Å². The van der Waals surface area contributed by atoms with Crippen molar-refractivity contribution in [2.24, 2.45) is 0 Å². The third-order valence-electron chi connectivity index (χ3n) is 3.25. The maximum atomic E-state index is 12.0. The van der Waals surface area contributed by atoms with Crippen molar-refractivity contribution in [1.82, 2.24) is 0 Å². The summed E-state index contributed by atoms with van der Waals surface area (Å²) in [5.41, 5.74) is 10.1. The third-order valence-corrected chi connectivity index (χ3v) is 4.51. The zero-order valence-electron chi connectivity index (χ0n) is 12.0. The van der Waals surface area contributed by atoms with Gasteiger partial charge in [0.1, 0.15) is 4.88 Å². The van der Waals surface area contributed by atoms with Crippen molar-refractivity contribution >= 4 is 23.0 Å². The quantitative estimate of drug-likeness (QED) is 0.864. The van der Waals surface area contributed by atoms with Crippen molar-refractivity contribution < 1.29 is 9.53 Å². The molecule has 4 heteroatoms. The third kappa shape index (κ3) is 2.56. The van der Waals surface area contributed by atoms with E-state index in [0.29, 0.717) is 17.2 Å². The van der Waals surface area contributed by atoms with Gasteiger partial charge in [-0.05, 0) is 37.0 Å². The monoisotopic (exact) mass is 289 g/mol. The van der Waals surface area contributed by atoms with Gasteiger partial charge in [-0.2, -0.15) is 0 Å². The number of hydrogen-bond donors (Lipinski definition) is 1. The molecule has 0 bridgehead atoms. The van der Waals surface area contributed by atoms with Crippen molar-refractivity contribution in [2.75, 3.05) is 12.3 Å². The van der Waals surface area contributed by atoms with Crippen molar-refractivity contribution in [3.63, 3.8) is 0 Å². The first-order valence-corrected chi connectivity index (χ1v) is 7.56. The molecule has 2 aromatic rings. The van der Waals surface area contributed by atoms with Gasteiger partial charge in [0.2, 0.25) is 0 Å². The van der Waals surface area contributed by atoms with Gasteiger partial charge in [0.05, 0.1) is 12.3 Å². The topological polar surface area (TPSA) is 52.3 Å². The van der Waals surface area contributed by atoms with E-state index in [4.69, 9.17) is 10.5 Å². The molecule has 1 aromatic heterocycles. The number of benzene rings is 1. The summed E-state index contributed by atoms with van der Waals surface area (Å²) < 4.78 is 5.08. The summed E-state index contributed by atoms with van der Waals surface area (Å²) in [7, 11) is 0. The number of thiophene rings is 1. The van der Waals surface area contributed by atoms with Crippen LogP contribution in [0.2, 0.25) is 0 Å². The molecule has 0 fully saturated rings. The summed E-state index contributed by atoms with van der Waals surface area (Å²) in [5, 5.41) is 0. The van der Waals surface area contributed by atoms with E-state index in [2.05, 4.69) is 26.0 Å². The van der Waals surface area contributed by atoms with Crippen LogP contribution in [0, 0.1) is 6.92 Å². The molecule has 1 aromatic carbocycles. The molecular formula is C16H19NO2S. The number of nitrogen functional groups attached to an aromatic ring is 1. The highest BCUT2D eigenvalue weighted by Gasteiger charge is 2.22. The Labute approximate surface area is 123 Å². The molecule has 0 spiro atoms. The van der Waals surface area contributed by atoms with Crippen LogP contribution in [0.5, 0.6) is 0 Å². The summed E-state index contributed by atoms with van der Waals surface area (Å²) >= 11 is 1.43.